The van der Waals surface area contributed by atoms with Gasteiger partial charge in [-0.3, -0.25) is 9.59 Å². The quantitative estimate of drug-likeness (QED) is 0.744. The SMILES string of the molecule is COc1ccc(C2C3CCCC=C3C(C#N)=C(N)C23C(=O)c2ccccc2C3=O)cc1. The average molecular weight is 410 g/mol. The number of ketones is 2. The zero-order valence-corrected chi connectivity index (χ0v) is 17.2. The third-order valence-corrected chi connectivity index (χ3v) is 7.05. The molecule has 1 spiro atoms. The van der Waals surface area contributed by atoms with Crippen molar-refractivity contribution in [3.63, 3.8) is 0 Å². The molecule has 2 aromatic carbocycles. The second-order valence-corrected chi connectivity index (χ2v) is 8.36. The fourth-order valence-electron chi connectivity index (χ4n) is 5.71. The van der Waals surface area contributed by atoms with E-state index in [0.29, 0.717) is 22.4 Å². The van der Waals surface area contributed by atoms with Gasteiger partial charge in [0.1, 0.15) is 17.2 Å². The van der Waals surface area contributed by atoms with Gasteiger partial charge in [0, 0.05) is 22.7 Å². The van der Waals surface area contributed by atoms with E-state index in [1.165, 1.54) is 0 Å². The molecule has 0 radical (unpaired) electrons. The molecule has 0 aromatic heterocycles. The molecular formula is C26H22N2O3. The van der Waals surface area contributed by atoms with Crippen LogP contribution in [0.3, 0.4) is 0 Å². The van der Waals surface area contributed by atoms with E-state index in [-0.39, 0.29) is 23.2 Å². The fraction of sp³-hybridized carbons (Fsp3) is 0.269. The largest absolute Gasteiger partial charge is 0.497 e. The first-order chi connectivity index (χ1) is 15.1. The first kappa shape index (κ1) is 19.3. The number of Topliss-reactive ketones (excluding diaryl/α,β-unsaturated/α-hetero) is 2. The van der Waals surface area contributed by atoms with Gasteiger partial charge in [-0.15, -0.1) is 0 Å². The van der Waals surface area contributed by atoms with Crippen molar-refractivity contribution in [2.75, 3.05) is 7.11 Å². The topological polar surface area (TPSA) is 93.2 Å². The zero-order valence-electron chi connectivity index (χ0n) is 17.2. The second kappa shape index (κ2) is 6.95. The van der Waals surface area contributed by atoms with E-state index in [1.807, 2.05) is 24.3 Å². The van der Waals surface area contributed by atoms with Crippen molar-refractivity contribution in [3.05, 3.63) is 88.1 Å². The number of hydrogen-bond acceptors (Lipinski definition) is 5. The fourth-order valence-corrected chi connectivity index (χ4v) is 5.71. The molecule has 0 aliphatic heterocycles. The maximum absolute atomic E-state index is 13.9. The summed E-state index contributed by atoms with van der Waals surface area (Å²) in [6.07, 6.45) is 4.64. The number of nitrogens with two attached hydrogens (primary N) is 1. The molecule has 0 saturated carbocycles. The molecule has 2 N–H and O–H groups in total. The lowest BCUT2D eigenvalue weighted by Gasteiger charge is -2.46. The molecule has 0 saturated heterocycles. The molecule has 5 heteroatoms. The number of allylic oxidation sites excluding steroid dienone is 4. The van der Waals surface area contributed by atoms with Gasteiger partial charge in [-0.1, -0.05) is 42.5 Å². The normalized spacial score (nSPS) is 23.8. The Bertz CT molecular complexity index is 1180. The Morgan fingerprint density at radius 1 is 1.06 bits per heavy atom. The number of ether oxygens (including phenoxy) is 1. The van der Waals surface area contributed by atoms with Gasteiger partial charge in [0.15, 0.2) is 11.6 Å². The lowest BCUT2D eigenvalue weighted by Crippen LogP contribution is -2.51. The molecule has 0 heterocycles. The minimum Gasteiger partial charge on any atom is -0.497 e. The third kappa shape index (κ3) is 2.42. The van der Waals surface area contributed by atoms with Crippen molar-refractivity contribution in [1.29, 1.82) is 5.26 Å². The van der Waals surface area contributed by atoms with Crippen LogP contribution in [0.15, 0.2) is 71.5 Å². The number of carbonyl (C=O) groups excluding carboxylic acids is 2. The van der Waals surface area contributed by atoms with Crippen molar-refractivity contribution >= 4 is 11.6 Å². The highest BCUT2D eigenvalue weighted by Crippen LogP contribution is 2.60. The lowest BCUT2D eigenvalue weighted by atomic mass is 9.54. The summed E-state index contributed by atoms with van der Waals surface area (Å²) < 4.78 is 5.31. The van der Waals surface area contributed by atoms with Gasteiger partial charge in [0.2, 0.25) is 0 Å². The van der Waals surface area contributed by atoms with E-state index in [2.05, 4.69) is 12.1 Å². The van der Waals surface area contributed by atoms with Crippen LogP contribution in [0, 0.1) is 22.7 Å². The molecule has 3 aliphatic rings. The number of fused-ring (bicyclic) bond motifs is 2. The first-order valence-corrected chi connectivity index (χ1v) is 10.5. The van der Waals surface area contributed by atoms with Gasteiger partial charge in [-0.2, -0.15) is 5.26 Å². The van der Waals surface area contributed by atoms with Crippen LogP contribution in [-0.4, -0.2) is 18.7 Å². The van der Waals surface area contributed by atoms with E-state index >= 15 is 0 Å². The maximum atomic E-state index is 13.9. The molecule has 2 aromatic rings. The van der Waals surface area contributed by atoms with Gasteiger partial charge < -0.3 is 10.5 Å². The summed E-state index contributed by atoms with van der Waals surface area (Å²) in [7, 11) is 1.60. The maximum Gasteiger partial charge on any atom is 0.184 e. The lowest BCUT2D eigenvalue weighted by molar-refractivity contribution is 0.0659. The first-order valence-electron chi connectivity index (χ1n) is 10.5. The summed E-state index contributed by atoms with van der Waals surface area (Å²) in [5, 5.41) is 9.99. The summed E-state index contributed by atoms with van der Waals surface area (Å²) in [5.41, 5.74) is 7.91. The zero-order chi connectivity index (χ0) is 21.8. The number of rotatable bonds is 2. The van der Waals surface area contributed by atoms with Crippen molar-refractivity contribution < 1.29 is 14.3 Å². The van der Waals surface area contributed by atoms with Crippen LogP contribution in [0.4, 0.5) is 0 Å². The van der Waals surface area contributed by atoms with E-state index in [9.17, 15) is 14.9 Å². The second-order valence-electron chi connectivity index (χ2n) is 8.36. The molecule has 5 rings (SSSR count). The van der Waals surface area contributed by atoms with Crippen molar-refractivity contribution in [2.45, 2.75) is 25.2 Å². The molecule has 5 nitrogen and oxygen atoms in total. The highest BCUT2D eigenvalue weighted by atomic mass is 16.5. The standard InChI is InChI=1S/C26H22N2O3/c1-31-16-12-10-15(11-13-16)22-18-7-3-2-6-17(18)21(14-27)23(28)26(22)24(29)19-8-4-5-9-20(19)25(26)30/h4-6,8-13,18,22H,2-3,7,28H2,1H3. The molecular weight excluding hydrogens is 388 g/mol. The summed E-state index contributed by atoms with van der Waals surface area (Å²) in [4.78, 5) is 27.9. The van der Waals surface area contributed by atoms with Gasteiger partial charge in [0.05, 0.1) is 12.7 Å². The number of carbonyl (C=O) groups is 2. The van der Waals surface area contributed by atoms with Crippen LogP contribution in [-0.2, 0) is 0 Å². The molecule has 2 unspecified atom stereocenters. The summed E-state index contributed by atoms with van der Waals surface area (Å²) in [6.45, 7) is 0. The van der Waals surface area contributed by atoms with Crippen LogP contribution in [0.2, 0.25) is 0 Å². The number of nitrogens with zero attached hydrogens (tertiary/aromatic N) is 1. The average Bonchev–Trinajstić information content (AvgIpc) is 3.03. The van der Waals surface area contributed by atoms with E-state index in [4.69, 9.17) is 10.5 Å². The van der Waals surface area contributed by atoms with Gasteiger partial charge in [-0.25, -0.2) is 0 Å². The molecule has 0 bridgehead atoms. The molecule has 3 aliphatic carbocycles. The third-order valence-electron chi connectivity index (χ3n) is 7.05. The van der Waals surface area contributed by atoms with Crippen molar-refractivity contribution in [3.8, 4) is 11.8 Å². The minimum atomic E-state index is -1.59. The Labute approximate surface area is 180 Å². The number of nitriles is 1. The van der Waals surface area contributed by atoms with E-state index in [1.54, 1.807) is 31.4 Å². The molecule has 31 heavy (non-hydrogen) atoms. The van der Waals surface area contributed by atoms with Crippen LogP contribution in [0.1, 0.15) is 51.5 Å². The van der Waals surface area contributed by atoms with Gasteiger partial charge in [-0.05, 0) is 48.4 Å². The monoisotopic (exact) mass is 410 g/mol. The Morgan fingerprint density at radius 2 is 1.71 bits per heavy atom. The number of benzene rings is 2. The highest BCUT2D eigenvalue weighted by molar-refractivity contribution is 6.32. The van der Waals surface area contributed by atoms with Gasteiger partial charge >= 0.3 is 0 Å². The summed E-state index contributed by atoms with van der Waals surface area (Å²) in [6, 6.07) is 16.6. The number of methoxy groups -OCH3 is 1. The smallest absolute Gasteiger partial charge is 0.184 e. The Balaban J connectivity index is 1.84. The predicted octanol–water partition coefficient (Wildman–Crippen LogP) is 4.32. The van der Waals surface area contributed by atoms with Gasteiger partial charge in [0.25, 0.3) is 0 Å². The highest BCUT2D eigenvalue weighted by Gasteiger charge is 2.64. The van der Waals surface area contributed by atoms with Crippen molar-refractivity contribution in [1.82, 2.24) is 0 Å². The van der Waals surface area contributed by atoms with Crippen LogP contribution in [0.5, 0.6) is 5.75 Å². The molecule has 0 fully saturated rings. The summed E-state index contributed by atoms with van der Waals surface area (Å²) >= 11 is 0. The van der Waals surface area contributed by atoms with Crippen LogP contribution < -0.4 is 10.5 Å². The number of hydrogen-bond donors (Lipinski definition) is 1. The predicted molar refractivity (Wildman–Crippen MR) is 116 cm³/mol. The van der Waals surface area contributed by atoms with Crippen LogP contribution in [0.25, 0.3) is 0 Å². The summed E-state index contributed by atoms with van der Waals surface area (Å²) in [5.74, 6) is -0.519. The van der Waals surface area contributed by atoms with Crippen molar-refractivity contribution in [2.24, 2.45) is 17.1 Å². The Kier molecular flexibility index (Phi) is 4.33. The van der Waals surface area contributed by atoms with Crippen LogP contribution >= 0.6 is 0 Å². The molecule has 154 valence electrons. The molecule has 0 amide bonds. The molecule has 2 atom stereocenters. The Hall–Kier alpha value is -3.65. The Morgan fingerprint density at radius 3 is 2.29 bits per heavy atom. The van der Waals surface area contributed by atoms with E-state index in [0.717, 1.165) is 30.4 Å². The minimum absolute atomic E-state index is 0.0893. The van der Waals surface area contributed by atoms with E-state index < -0.39 is 11.3 Å².